The first-order valence-corrected chi connectivity index (χ1v) is 5.06. The Balaban J connectivity index is 2.49. The fraction of sp³-hybridized carbons (Fsp3) is 0.273. The maximum Gasteiger partial charge on any atom is 0.414 e. The molecule has 0 bridgehead atoms. The van der Waals surface area contributed by atoms with Crippen LogP contribution in [0.2, 0.25) is 0 Å². The lowest BCUT2D eigenvalue weighted by atomic mass is 10.3. The van der Waals surface area contributed by atoms with Gasteiger partial charge >= 0.3 is 6.09 Å². The second-order valence-corrected chi connectivity index (χ2v) is 3.82. The summed E-state index contributed by atoms with van der Waals surface area (Å²) in [5.41, 5.74) is 1.61. The number of anilines is 1. The van der Waals surface area contributed by atoms with Gasteiger partial charge in [-0.25, -0.2) is 14.7 Å². The van der Waals surface area contributed by atoms with E-state index in [4.69, 9.17) is 5.11 Å². The number of nitrogens with zero attached hydrogens (tertiary/aromatic N) is 2. The van der Waals surface area contributed by atoms with E-state index in [0.717, 1.165) is 11.0 Å². The third kappa shape index (κ3) is 1.71. The van der Waals surface area contributed by atoms with Crippen LogP contribution in [0.4, 0.5) is 10.7 Å². The molecule has 0 saturated carbocycles. The van der Waals surface area contributed by atoms with Crippen LogP contribution in [0.1, 0.15) is 13.8 Å². The Morgan fingerprint density at radius 3 is 2.69 bits per heavy atom. The molecule has 0 aliphatic rings. The molecule has 2 N–H and O–H groups in total. The number of nitrogens with one attached hydrogen (secondary N) is 1. The molecule has 0 fully saturated rings. The minimum Gasteiger partial charge on any atom is -0.465 e. The summed E-state index contributed by atoms with van der Waals surface area (Å²) in [6.45, 7) is 3.61. The first-order valence-electron chi connectivity index (χ1n) is 5.06. The number of rotatable bonds is 2. The van der Waals surface area contributed by atoms with Gasteiger partial charge in [0.15, 0.2) is 0 Å². The number of benzene rings is 1. The van der Waals surface area contributed by atoms with Crippen LogP contribution in [0.25, 0.3) is 11.0 Å². The molecule has 2 rings (SSSR count). The zero-order chi connectivity index (χ0) is 11.7. The van der Waals surface area contributed by atoms with Crippen molar-refractivity contribution in [3.8, 4) is 0 Å². The van der Waals surface area contributed by atoms with E-state index >= 15 is 0 Å². The molecular formula is C11H13N3O2. The molecule has 0 aliphatic heterocycles. The largest absolute Gasteiger partial charge is 0.465 e. The highest BCUT2D eigenvalue weighted by atomic mass is 16.4. The summed E-state index contributed by atoms with van der Waals surface area (Å²) in [6.07, 6.45) is -1.01. The van der Waals surface area contributed by atoms with Crippen LogP contribution in [0.3, 0.4) is 0 Å². The Labute approximate surface area is 92.7 Å². The average molecular weight is 219 g/mol. The zero-order valence-corrected chi connectivity index (χ0v) is 9.14. The summed E-state index contributed by atoms with van der Waals surface area (Å²) in [5.74, 6) is 0.365. The number of aromatic nitrogens is 2. The Hall–Kier alpha value is -2.04. The van der Waals surface area contributed by atoms with Crippen molar-refractivity contribution in [2.45, 2.75) is 19.9 Å². The topological polar surface area (TPSA) is 69.2 Å². The van der Waals surface area contributed by atoms with Crippen molar-refractivity contribution in [2.75, 3.05) is 4.90 Å². The summed E-state index contributed by atoms with van der Waals surface area (Å²) in [4.78, 5) is 19.5. The molecule has 5 nitrogen and oxygen atoms in total. The fourth-order valence-corrected chi connectivity index (χ4v) is 1.61. The molecule has 1 aromatic heterocycles. The van der Waals surface area contributed by atoms with Crippen molar-refractivity contribution in [1.82, 2.24) is 9.97 Å². The highest BCUT2D eigenvalue weighted by Crippen LogP contribution is 2.18. The lowest BCUT2D eigenvalue weighted by Crippen LogP contribution is -2.36. The van der Waals surface area contributed by atoms with Gasteiger partial charge in [-0.3, -0.25) is 0 Å². The molecule has 2 aromatic rings. The highest BCUT2D eigenvalue weighted by Gasteiger charge is 2.21. The van der Waals surface area contributed by atoms with E-state index in [-0.39, 0.29) is 6.04 Å². The number of amides is 1. The molecular weight excluding hydrogens is 206 g/mol. The molecule has 0 aliphatic carbocycles. The molecule has 0 saturated heterocycles. The number of imidazole rings is 1. The van der Waals surface area contributed by atoms with Gasteiger partial charge in [-0.1, -0.05) is 12.1 Å². The van der Waals surface area contributed by atoms with Crippen LogP contribution in [0.5, 0.6) is 0 Å². The summed E-state index contributed by atoms with van der Waals surface area (Å²) in [5, 5.41) is 9.09. The number of H-pyrrole nitrogens is 1. The van der Waals surface area contributed by atoms with E-state index in [1.54, 1.807) is 13.8 Å². The van der Waals surface area contributed by atoms with E-state index < -0.39 is 6.09 Å². The maximum atomic E-state index is 11.1. The SMILES string of the molecule is CC(C)N(C(=O)O)c1nc2ccccc2[nH]1. The summed E-state index contributed by atoms with van der Waals surface area (Å²) < 4.78 is 0. The predicted octanol–water partition coefficient (Wildman–Crippen LogP) is 2.46. The second kappa shape index (κ2) is 3.84. The van der Waals surface area contributed by atoms with E-state index in [2.05, 4.69) is 9.97 Å². The van der Waals surface area contributed by atoms with Gasteiger partial charge in [0, 0.05) is 6.04 Å². The highest BCUT2D eigenvalue weighted by molar-refractivity contribution is 5.87. The van der Waals surface area contributed by atoms with Crippen molar-refractivity contribution in [3.63, 3.8) is 0 Å². The van der Waals surface area contributed by atoms with Crippen molar-refractivity contribution in [1.29, 1.82) is 0 Å². The van der Waals surface area contributed by atoms with Crippen molar-refractivity contribution in [3.05, 3.63) is 24.3 Å². The summed E-state index contributed by atoms with van der Waals surface area (Å²) in [6, 6.07) is 7.30. The maximum absolute atomic E-state index is 11.1. The van der Waals surface area contributed by atoms with Gasteiger partial charge in [0.05, 0.1) is 11.0 Å². The van der Waals surface area contributed by atoms with Crippen LogP contribution in [0, 0.1) is 0 Å². The number of fused-ring (bicyclic) bond motifs is 1. The standard InChI is InChI=1S/C11H13N3O2/c1-7(2)14(11(15)16)10-12-8-5-3-4-6-9(8)13-10/h3-7H,1-2H3,(H,12,13)(H,15,16). The van der Waals surface area contributed by atoms with Crippen molar-refractivity contribution >= 4 is 23.1 Å². The van der Waals surface area contributed by atoms with E-state index in [9.17, 15) is 4.79 Å². The fourth-order valence-electron chi connectivity index (χ4n) is 1.61. The molecule has 0 atom stereocenters. The molecule has 84 valence electrons. The first-order chi connectivity index (χ1) is 7.59. The molecule has 5 heteroatoms. The van der Waals surface area contributed by atoms with Crippen molar-refractivity contribution < 1.29 is 9.90 Å². The Bertz CT molecular complexity index is 486. The minimum absolute atomic E-state index is 0.155. The van der Waals surface area contributed by atoms with Crippen molar-refractivity contribution in [2.24, 2.45) is 0 Å². The monoisotopic (exact) mass is 219 g/mol. The quantitative estimate of drug-likeness (QED) is 0.815. The third-order valence-corrected chi connectivity index (χ3v) is 2.33. The third-order valence-electron chi connectivity index (χ3n) is 2.33. The number of hydrogen-bond acceptors (Lipinski definition) is 2. The number of aromatic amines is 1. The minimum atomic E-state index is -1.01. The van der Waals surface area contributed by atoms with Crippen LogP contribution in [0.15, 0.2) is 24.3 Å². The lowest BCUT2D eigenvalue weighted by molar-refractivity contribution is 0.199. The molecule has 0 spiro atoms. The van der Waals surface area contributed by atoms with Gasteiger partial charge < -0.3 is 10.1 Å². The molecule has 1 aromatic carbocycles. The van der Waals surface area contributed by atoms with Gasteiger partial charge in [-0.15, -0.1) is 0 Å². The Kier molecular flexibility index (Phi) is 2.52. The molecule has 0 radical (unpaired) electrons. The van der Waals surface area contributed by atoms with Crippen LogP contribution in [-0.4, -0.2) is 27.2 Å². The average Bonchev–Trinajstić information content (AvgIpc) is 2.58. The Morgan fingerprint density at radius 2 is 2.12 bits per heavy atom. The summed E-state index contributed by atoms with van der Waals surface area (Å²) in [7, 11) is 0. The number of para-hydroxylation sites is 2. The van der Waals surface area contributed by atoms with Gasteiger partial charge in [0.1, 0.15) is 0 Å². The van der Waals surface area contributed by atoms with E-state index in [0.29, 0.717) is 5.95 Å². The second-order valence-electron chi connectivity index (χ2n) is 3.82. The summed E-state index contributed by atoms with van der Waals surface area (Å²) >= 11 is 0. The van der Waals surface area contributed by atoms with Crippen LogP contribution in [-0.2, 0) is 0 Å². The molecule has 1 amide bonds. The Morgan fingerprint density at radius 1 is 1.44 bits per heavy atom. The smallest absolute Gasteiger partial charge is 0.414 e. The van der Waals surface area contributed by atoms with Gasteiger partial charge in [0.25, 0.3) is 0 Å². The molecule has 16 heavy (non-hydrogen) atoms. The van der Waals surface area contributed by atoms with Crippen LogP contribution >= 0.6 is 0 Å². The first kappa shape index (κ1) is 10.5. The lowest BCUT2D eigenvalue weighted by Gasteiger charge is -2.19. The normalized spacial score (nSPS) is 10.9. The van der Waals surface area contributed by atoms with E-state index in [1.807, 2.05) is 24.3 Å². The molecule has 1 heterocycles. The number of carboxylic acid groups (broad SMARTS) is 1. The number of hydrogen-bond donors (Lipinski definition) is 2. The molecule has 0 unspecified atom stereocenters. The van der Waals surface area contributed by atoms with Crippen LogP contribution < -0.4 is 4.90 Å². The van der Waals surface area contributed by atoms with E-state index in [1.165, 1.54) is 4.90 Å². The van der Waals surface area contributed by atoms with Gasteiger partial charge in [-0.05, 0) is 26.0 Å². The van der Waals surface area contributed by atoms with Gasteiger partial charge in [-0.2, -0.15) is 0 Å². The number of carbonyl (C=O) groups is 1. The van der Waals surface area contributed by atoms with Gasteiger partial charge in [0.2, 0.25) is 5.95 Å². The predicted molar refractivity (Wildman–Crippen MR) is 61.7 cm³/mol. The zero-order valence-electron chi connectivity index (χ0n) is 9.14.